The summed E-state index contributed by atoms with van der Waals surface area (Å²) >= 11 is 0. The van der Waals surface area contributed by atoms with Gasteiger partial charge >= 0.3 is 0 Å². The van der Waals surface area contributed by atoms with Crippen LogP contribution in [0.15, 0.2) is 71.6 Å². The Hall–Kier alpha value is -2.51. The lowest BCUT2D eigenvalue weighted by molar-refractivity contribution is -0.0261. The molecule has 0 amide bonds. The molecule has 0 spiro atoms. The van der Waals surface area contributed by atoms with Crippen LogP contribution in [-0.4, -0.2) is 55.9 Å². The SMILES string of the molecule is Cc1ccccc1S(=O)(=O)N1CCCCN2C(CN)C(c3ccc(-c4cccc(C)c4C)cc3)C2C1. The first kappa shape index (κ1) is 25.2. The molecule has 190 valence electrons. The molecule has 0 bridgehead atoms. The van der Waals surface area contributed by atoms with E-state index in [1.807, 2.05) is 25.1 Å². The third kappa shape index (κ3) is 4.41. The van der Waals surface area contributed by atoms with Crippen molar-refractivity contribution in [3.63, 3.8) is 0 Å². The monoisotopic (exact) mass is 503 g/mol. The molecule has 6 heteroatoms. The second-order valence-corrected chi connectivity index (χ2v) is 12.2. The number of aryl methyl sites for hydroxylation is 2. The van der Waals surface area contributed by atoms with Crippen LogP contribution in [0.4, 0.5) is 0 Å². The minimum atomic E-state index is -3.56. The van der Waals surface area contributed by atoms with Crippen LogP contribution in [0, 0.1) is 20.8 Å². The van der Waals surface area contributed by atoms with Crippen LogP contribution >= 0.6 is 0 Å². The fourth-order valence-electron chi connectivity index (χ4n) is 6.12. The summed E-state index contributed by atoms with van der Waals surface area (Å²) in [5, 5.41) is 0. The standard InChI is InChI=1S/C30H37N3O2S/c1-21-10-8-11-26(23(21)3)24-13-15-25(16-14-24)30-27(19-31)33-18-7-6-17-32(20-28(30)33)36(34,35)29-12-5-4-9-22(29)2/h4-5,8-16,27-28,30H,6-7,17-20,31H2,1-3H3. The first-order valence-corrected chi connectivity index (χ1v) is 14.4. The molecule has 2 heterocycles. The maximum atomic E-state index is 13.7. The molecule has 5 nitrogen and oxygen atoms in total. The average Bonchev–Trinajstić information content (AvgIpc) is 2.85. The third-order valence-corrected chi connectivity index (χ3v) is 10.3. The topological polar surface area (TPSA) is 66.6 Å². The zero-order chi connectivity index (χ0) is 25.4. The summed E-state index contributed by atoms with van der Waals surface area (Å²) in [5.74, 6) is 0.218. The fourth-order valence-corrected chi connectivity index (χ4v) is 7.85. The van der Waals surface area contributed by atoms with Gasteiger partial charge < -0.3 is 5.73 Å². The molecule has 3 aromatic rings. The van der Waals surface area contributed by atoms with Crippen molar-refractivity contribution in [3.05, 3.63) is 89.0 Å². The molecule has 0 radical (unpaired) electrons. The van der Waals surface area contributed by atoms with Gasteiger partial charge in [-0.05, 0) is 79.6 Å². The molecule has 3 aromatic carbocycles. The molecule has 5 rings (SSSR count). The van der Waals surface area contributed by atoms with Crippen molar-refractivity contribution in [1.82, 2.24) is 9.21 Å². The number of benzene rings is 3. The number of nitrogens with zero attached hydrogens (tertiary/aromatic N) is 2. The maximum Gasteiger partial charge on any atom is 0.243 e. The minimum absolute atomic E-state index is 0.129. The third-order valence-electron chi connectivity index (χ3n) is 8.31. The number of sulfonamides is 1. The summed E-state index contributed by atoms with van der Waals surface area (Å²) in [7, 11) is -3.56. The number of hydrogen-bond acceptors (Lipinski definition) is 4. The molecule has 0 saturated carbocycles. The van der Waals surface area contributed by atoms with Gasteiger partial charge in [-0.15, -0.1) is 0 Å². The van der Waals surface area contributed by atoms with E-state index < -0.39 is 10.0 Å². The summed E-state index contributed by atoms with van der Waals surface area (Å²) in [5.41, 5.74) is 13.4. The van der Waals surface area contributed by atoms with Crippen LogP contribution in [0.5, 0.6) is 0 Å². The van der Waals surface area contributed by atoms with E-state index >= 15 is 0 Å². The summed E-state index contributed by atoms with van der Waals surface area (Å²) < 4.78 is 29.1. The normalized spacial score (nSPS) is 23.4. The summed E-state index contributed by atoms with van der Waals surface area (Å²) in [6.45, 7) is 8.80. The molecule has 2 aliphatic heterocycles. The van der Waals surface area contributed by atoms with Crippen molar-refractivity contribution in [2.75, 3.05) is 26.2 Å². The average molecular weight is 504 g/mol. The predicted octanol–water partition coefficient (Wildman–Crippen LogP) is 4.86. The molecule has 0 aliphatic carbocycles. The Balaban J connectivity index is 1.44. The lowest BCUT2D eigenvalue weighted by Gasteiger charge is -2.57. The first-order chi connectivity index (χ1) is 17.3. The van der Waals surface area contributed by atoms with Crippen LogP contribution < -0.4 is 5.73 Å². The molecule has 3 unspecified atom stereocenters. The summed E-state index contributed by atoms with van der Waals surface area (Å²) in [6, 6.07) is 23.0. The number of nitrogens with two attached hydrogens (primary N) is 1. The van der Waals surface area contributed by atoms with Crippen molar-refractivity contribution in [2.45, 2.75) is 56.5 Å². The molecule has 2 N–H and O–H groups in total. The van der Waals surface area contributed by atoms with Gasteiger partial charge in [-0.1, -0.05) is 60.7 Å². The van der Waals surface area contributed by atoms with Crippen LogP contribution in [0.2, 0.25) is 0 Å². The molecule has 2 saturated heterocycles. The number of hydrogen-bond donors (Lipinski definition) is 1. The maximum absolute atomic E-state index is 13.7. The van der Waals surface area contributed by atoms with E-state index in [9.17, 15) is 8.42 Å². The molecular weight excluding hydrogens is 466 g/mol. The number of fused-ring (bicyclic) bond motifs is 1. The molecular formula is C30H37N3O2S. The highest BCUT2D eigenvalue weighted by Gasteiger charge is 2.50. The summed E-state index contributed by atoms with van der Waals surface area (Å²) in [4.78, 5) is 2.87. The van der Waals surface area contributed by atoms with E-state index in [4.69, 9.17) is 5.73 Å². The Bertz CT molecular complexity index is 1340. The van der Waals surface area contributed by atoms with Gasteiger partial charge in [-0.3, -0.25) is 4.90 Å². The van der Waals surface area contributed by atoms with Crippen LogP contribution in [0.1, 0.15) is 41.0 Å². The van der Waals surface area contributed by atoms with Crippen molar-refractivity contribution in [2.24, 2.45) is 5.73 Å². The zero-order valence-corrected chi connectivity index (χ0v) is 22.3. The second-order valence-electron chi connectivity index (χ2n) is 10.3. The molecule has 2 aliphatic rings. The van der Waals surface area contributed by atoms with Gasteiger partial charge in [-0.25, -0.2) is 8.42 Å². The van der Waals surface area contributed by atoms with Crippen LogP contribution in [0.3, 0.4) is 0 Å². The lowest BCUT2D eigenvalue weighted by Crippen LogP contribution is -2.68. The van der Waals surface area contributed by atoms with Crippen molar-refractivity contribution >= 4 is 10.0 Å². The number of rotatable bonds is 5. The van der Waals surface area contributed by atoms with Gasteiger partial charge in [0, 0.05) is 37.6 Å². The van der Waals surface area contributed by atoms with E-state index in [-0.39, 0.29) is 18.0 Å². The highest BCUT2D eigenvalue weighted by molar-refractivity contribution is 7.89. The molecule has 0 aromatic heterocycles. The van der Waals surface area contributed by atoms with Gasteiger partial charge in [0.05, 0.1) is 4.90 Å². The van der Waals surface area contributed by atoms with Gasteiger partial charge in [0.2, 0.25) is 10.0 Å². The van der Waals surface area contributed by atoms with Gasteiger partial charge in [0.25, 0.3) is 0 Å². The zero-order valence-electron chi connectivity index (χ0n) is 21.5. The van der Waals surface area contributed by atoms with Gasteiger partial charge in [0.1, 0.15) is 0 Å². The van der Waals surface area contributed by atoms with Gasteiger partial charge in [0.15, 0.2) is 0 Å². The largest absolute Gasteiger partial charge is 0.329 e. The highest BCUT2D eigenvalue weighted by Crippen LogP contribution is 2.43. The molecule has 2 fully saturated rings. The van der Waals surface area contributed by atoms with E-state index in [1.54, 1.807) is 10.4 Å². The quantitative estimate of drug-likeness (QED) is 0.540. The van der Waals surface area contributed by atoms with Crippen molar-refractivity contribution in [3.8, 4) is 11.1 Å². The Labute approximate surface area is 216 Å². The Morgan fingerprint density at radius 3 is 2.28 bits per heavy atom. The van der Waals surface area contributed by atoms with Crippen LogP contribution in [0.25, 0.3) is 11.1 Å². The van der Waals surface area contributed by atoms with Gasteiger partial charge in [-0.2, -0.15) is 4.31 Å². The lowest BCUT2D eigenvalue weighted by atomic mass is 9.74. The predicted molar refractivity (Wildman–Crippen MR) is 147 cm³/mol. The van der Waals surface area contributed by atoms with E-state index in [2.05, 4.69) is 61.2 Å². The smallest absolute Gasteiger partial charge is 0.243 e. The minimum Gasteiger partial charge on any atom is -0.329 e. The Morgan fingerprint density at radius 2 is 1.56 bits per heavy atom. The van der Waals surface area contributed by atoms with E-state index in [0.717, 1.165) is 24.9 Å². The Kier molecular flexibility index (Phi) is 7.05. The fraction of sp³-hybridized carbons (Fsp3) is 0.400. The first-order valence-electron chi connectivity index (χ1n) is 13.0. The molecule has 36 heavy (non-hydrogen) atoms. The Morgan fingerprint density at radius 1 is 0.861 bits per heavy atom. The highest BCUT2D eigenvalue weighted by atomic mass is 32.2. The van der Waals surface area contributed by atoms with Crippen molar-refractivity contribution in [1.29, 1.82) is 0 Å². The molecule has 3 atom stereocenters. The van der Waals surface area contributed by atoms with E-state index in [0.29, 0.717) is 24.5 Å². The summed E-state index contributed by atoms with van der Waals surface area (Å²) in [6.07, 6.45) is 1.84. The van der Waals surface area contributed by atoms with E-state index in [1.165, 1.54) is 27.8 Å². The van der Waals surface area contributed by atoms with Crippen LogP contribution in [-0.2, 0) is 10.0 Å². The van der Waals surface area contributed by atoms with Crippen molar-refractivity contribution < 1.29 is 8.42 Å². The second kappa shape index (κ2) is 10.1.